The molecular formula is C33H64N8O2S. The molecule has 1 aromatic rings. The standard InChI is InChI=1S/C33H64N8O2S/c1-11-15-32(8,9)27(42)25(21-23(4)5)37-29-39-30(41-31(40-29)44-20-17-34)38-26(22-24(6)7)28(43)35-18-14-19-36-33(10,13-3)16-12-2/h23-26,36H,11-22,34H2,1-10H3,(H,35,43)(H2,37,38,39,40,41). The zero-order chi connectivity index (χ0) is 33.3. The Kier molecular flexibility index (Phi) is 18.4. The van der Waals surface area contributed by atoms with Crippen LogP contribution in [-0.4, -0.2) is 69.7 Å². The number of nitrogens with zero attached hydrogens (tertiary/aromatic N) is 3. The van der Waals surface area contributed by atoms with Crippen molar-refractivity contribution in [1.29, 1.82) is 0 Å². The van der Waals surface area contributed by atoms with E-state index in [2.05, 4.69) is 91.6 Å². The summed E-state index contributed by atoms with van der Waals surface area (Å²) in [5, 5.41) is 13.9. The second-order valence-electron chi connectivity index (χ2n) is 13.8. The van der Waals surface area contributed by atoms with Gasteiger partial charge in [0.1, 0.15) is 6.04 Å². The molecule has 0 saturated heterocycles. The molecule has 6 N–H and O–H groups in total. The number of anilines is 2. The number of hydrogen-bond donors (Lipinski definition) is 5. The molecule has 0 fully saturated rings. The highest BCUT2D eigenvalue weighted by atomic mass is 32.2. The minimum Gasteiger partial charge on any atom is -0.354 e. The van der Waals surface area contributed by atoms with Crippen molar-refractivity contribution >= 4 is 35.3 Å². The van der Waals surface area contributed by atoms with Gasteiger partial charge in [0.2, 0.25) is 17.8 Å². The summed E-state index contributed by atoms with van der Waals surface area (Å²) in [5.74, 6) is 1.93. The van der Waals surface area contributed by atoms with Crippen LogP contribution in [0.4, 0.5) is 11.9 Å². The zero-order valence-electron chi connectivity index (χ0n) is 29.4. The summed E-state index contributed by atoms with van der Waals surface area (Å²) in [6, 6.07) is -0.947. The Morgan fingerprint density at radius 2 is 1.41 bits per heavy atom. The Labute approximate surface area is 272 Å². The van der Waals surface area contributed by atoms with Crippen molar-refractivity contribution < 1.29 is 9.59 Å². The molecule has 3 atom stereocenters. The van der Waals surface area contributed by atoms with Crippen molar-refractivity contribution in [1.82, 2.24) is 25.6 Å². The molecule has 254 valence electrons. The highest BCUT2D eigenvalue weighted by Gasteiger charge is 2.34. The van der Waals surface area contributed by atoms with E-state index in [0.29, 0.717) is 54.7 Å². The van der Waals surface area contributed by atoms with E-state index >= 15 is 0 Å². The van der Waals surface area contributed by atoms with Gasteiger partial charge in [-0.2, -0.15) is 15.0 Å². The number of aromatic nitrogens is 3. The number of Topliss-reactive ketones (excluding diaryl/α,β-unsaturated/α-hetero) is 1. The lowest BCUT2D eigenvalue weighted by Crippen LogP contribution is -2.44. The minimum atomic E-state index is -0.511. The SMILES string of the molecule is CCCC(C)(CC)NCCCNC(=O)C(CC(C)C)Nc1nc(NC(CC(C)C)C(=O)C(C)(C)CCC)nc(SCCN)n1. The van der Waals surface area contributed by atoms with E-state index in [-0.39, 0.29) is 23.1 Å². The maximum Gasteiger partial charge on any atom is 0.242 e. The molecular weight excluding hydrogens is 572 g/mol. The van der Waals surface area contributed by atoms with Gasteiger partial charge in [-0.25, -0.2) is 0 Å². The summed E-state index contributed by atoms with van der Waals surface area (Å²) in [6.45, 7) is 23.1. The van der Waals surface area contributed by atoms with Crippen LogP contribution in [0, 0.1) is 17.3 Å². The second kappa shape index (κ2) is 20.2. The highest BCUT2D eigenvalue weighted by molar-refractivity contribution is 7.99. The number of nitrogens with two attached hydrogens (primary N) is 1. The van der Waals surface area contributed by atoms with Crippen LogP contribution in [0.25, 0.3) is 0 Å². The first-order valence-corrected chi connectivity index (χ1v) is 17.9. The first kappa shape index (κ1) is 40.0. The first-order chi connectivity index (χ1) is 20.7. The maximum atomic E-state index is 13.6. The normalized spacial score (nSPS) is 14.8. The van der Waals surface area contributed by atoms with E-state index in [0.717, 1.165) is 45.1 Å². The molecule has 44 heavy (non-hydrogen) atoms. The number of nitrogens with one attached hydrogen (secondary N) is 4. The average molecular weight is 637 g/mol. The van der Waals surface area contributed by atoms with Gasteiger partial charge >= 0.3 is 0 Å². The number of rotatable bonds is 24. The van der Waals surface area contributed by atoms with Crippen LogP contribution in [0.2, 0.25) is 0 Å². The van der Waals surface area contributed by atoms with Gasteiger partial charge in [0, 0.05) is 29.8 Å². The van der Waals surface area contributed by atoms with Crippen molar-refractivity contribution in [2.24, 2.45) is 23.0 Å². The molecule has 1 rings (SSSR count). The van der Waals surface area contributed by atoms with Crippen LogP contribution in [0.15, 0.2) is 5.16 Å². The van der Waals surface area contributed by atoms with E-state index in [9.17, 15) is 9.59 Å². The molecule has 1 aromatic heterocycles. The summed E-state index contributed by atoms with van der Waals surface area (Å²) in [5.41, 5.74) is 5.44. The molecule has 0 aliphatic heterocycles. The molecule has 10 nitrogen and oxygen atoms in total. The summed E-state index contributed by atoms with van der Waals surface area (Å²) in [7, 11) is 0. The summed E-state index contributed by atoms with van der Waals surface area (Å²) in [4.78, 5) is 40.9. The van der Waals surface area contributed by atoms with Gasteiger partial charge in [0.05, 0.1) is 6.04 Å². The van der Waals surface area contributed by atoms with Crippen molar-refractivity contribution in [3.8, 4) is 0 Å². The molecule has 11 heteroatoms. The quantitative estimate of drug-likeness (QED) is 0.0672. The predicted octanol–water partition coefficient (Wildman–Crippen LogP) is 6.04. The molecule has 0 aliphatic rings. The van der Waals surface area contributed by atoms with Crippen molar-refractivity contribution in [3.63, 3.8) is 0 Å². The third-order valence-corrected chi connectivity index (χ3v) is 8.83. The van der Waals surface area contributed by atoms with Crippen LogP contribution in [0.5, 0.6) is 0 Å². The van der Waals surface area contributed by atoms with Gasteiger partial charge in [-0.3, -0.25) is 9.59 Å². The van der Waals surface area contributed by atoms with Crippen LogP contribution in [0.1, 0.15) is 121 Å². The fraction of sp³-hybridized carbons (Fsp3) is 0.848. The van der Waals surface area contributed by atoms with Crippen LogP contribution >= 0.6 is 11.8 Å². The van der Waals surface area contributed by atoms with Crippen LogP contribution in [0.3, 0.4) is 0 Å². The van der Waals surface area contributed by atoms with Crippen LogP contribution in [-0.2, 0) is 9.59 Å². The van der Waals surface area contributed by atoms with Gasteiger partial charge in [0.25, 0.3) is 0 Å². The minimum absolute atomic E-state index is 0.0780. The third kappa shape index (κ3) is 14.9. The summed E-state index contributed by atoms with van der Waals surface area (Å²) >= 11 is 1.43. The van der Waals surface area contributed by atoms with E-state index in [1.165, 1.54) is 11.8 Å². The van der Waals surface area contributed by atoms with Gasteiger partial charge in [-0.1, -0.05) is 86.9 Å². The predicted molar refractivity (Wildman–Crippen MR) is 186 cm³/mol. The average Bonchev–Trinajstić information content (AvgIpc) is 2.94. The molecule has 0 aliphatic carbocycles. The smallest absolute Gasteiger partial charge is 0.242 e. The summed E-state index contributed by atoms with van der Waals surface area (Å²) < 4.78 is 0. The first-order valence-electron chi connectivity index (χ1n) is 16.9. The Morgan fingerprint density at radius 1 is 0.841 bits per heavy atom. The molecule has 1 amide bonds. The molecule has 0 saturated carbocycles. The zero-order valence-corrected chi connectivity index (χ0v) is 30.3. The Hall–Kier alpha value is -1.98. The maximum absolute atomic E-state index is 13.6. The Morgan fingerprint density at radius 3 is 1.93 bits per heavy atom. The van der Waals surface area contributed by atoms with Gasteiger partial charge in [-0.05, 0) is 63.8 Å². The largest absolute Gasteiger partial charge is 0.354 e. The lowest BCUT2D eigenvalue weighted by Gasteiger charge is -2.30. The number of carbonyl (C=O) groups is 2. The van der Waals surface area contributed by atoms with Crippen LogP contribution < -0.4 is 27.0 Å². The van der Waals surface area contributed by atoms with Gasteiger partial charge < -0.3 is 27.0 Å². The Bertz CT molecular complexity index is 991. The molecule has 0 radical (unpaired) electrons. The molecule has 0 aromatic carbocycles. The van der Waals surface area contributed by atoms with Crippen molar-refractivity contribution in [2.75, 3.05) is 36.0 Å². The molecule has 0 spiro atoms. The van der Waals surface area contributed by atoms with Crippen molar-refractivity contribution in [3.05, 3.63) is 0 Å². The fourth-order valence-electron chi connectivity index (χ4n) is 5.39. The van der Waals surface area contributed by atoms with Gasteiger partial charge in [-0.15, -0.1) is 0 Å². The number of ketones is 1. The van der Waals surface area contributed by atoms with E-state index in [4.69, 9.17) is 5.73 Å². The van der Waals surface area contributed by atoms with E-state index in [1.54, 1.807) is 0 Å². The number of thioether (sulfide) groups is 1. The molecule has 1 heterocycles. The molecule has 0 bridgehead atoms. The number of amides is 1. The monoisotopic (exact) mass is 636 g/mol. The van der Waals surface area contributed by atoms with E-state index < -0.39 is 17.5 Å². The lowest BCUT2D eigenvalue weighted by atomic mass is 9.78. The third-order valence-electron chi connectivity index (χ3n) is 7.95. The second-order valence-corrected chi connectivity index (χ2v) is 14.9. The highest BCUT2D eigenvalue weighted by Crippen LogP contribution is 2.28. The number of carbonyl (C=O) groups excluding carboxylic acids is 2. The van der Waals surface area contributed by atoms with Gasteiger partial charge in [0.15, 0.2) is 10.9 Å². The molecule has 3 unspecified atom stereocenters. The summed E-state index contributed by atoms with van der Waals surface area (Å²) in [6.07, 6.45) is 7.21. The topological polar surface area (TPSA) is 147 Å². The number of hydrogen-bond acceptors (Lipinski definition) is 10. The van der Waals surface area contributed by atoms with Crippen molar-refractivity contribution in [2.45, 2.75) is 143 Å². The van der Waals surface area contributed by atoms with E-state index in [1.807, 2.05) is 13.8 Å². The fourth-order valence-corrected chi connectivity index (χ4v) is 6.00. The Balaban J connectivity index is 3.14. The lowest BCUT2D eigenvalue weighted by molar-refractivity contribution is -0.128.